The molecule has 0 bridgehead atoms. The lowest BCUT2D eigenvalue weighted by Crippen LogP contribution is -2.17. The van der Waals surface area contributed by atoms with Crippen LogP contribution in [0, 0.1) is 0 Å². The summed E-state index contributed by atoms with van der Waals surface area (Å²) in [4.78, 5) is 12.4. The Hall–Kier alpha value is -2.85. The fraction of sp³-hybridized carbons (Fsp3) is 0.136. The second kappa shape index (κ2) is 7.58. The van der Waals surface area contributed by atoms with Crippen LogP contribution in [0.1, 0.15) is 11.1 Å². The molecule has 4 rings (SSSR count). The summed E-state index contributed by atoms with van der Waals surface area (Å²) in [6, 6.07) is 26.3. The minimum atomic E-state index is 0.0634. The normalized spacial score (nSPS) is 10.9. The number of nitrogens with zero attached hydrogens (tertiary/aromatic N) is 1. The zero-order valence-electron chi connectivity index (χ0n) is 14.3. The minimum absolute atomic E-state index is 0.0634. The van der Waals surface area contributed by atoms with E-state index < -0.39 is 0 Å². The number of thiazole rings is 1. The largest absolute Gasteiger partial charge is 0.492 e. The van der Waals surface area contributed by atoms with E-state index in [0.29, 0.717) is 13.2 Å². The lowest BCUT2D eigenvalue weighted by atomic mass is 10.1. The molecule has 0 amide bonds. The molecule has 0 aliphatic heterocycles. The van der Waals surface area contributed by atoms with Crippen LogP contribution in [0.5, 0.6) is 5.75 Å². The van der Waals surface area contributed by atoms with Crippen LogP contribution < -0.4 is 9.61 Å². The molecule has 1 aromatic heterocycles. The summed E-state index contributed by atoms with van der Waals surface area (Å²) in [5.74, 6) is 0.824. The molecule has 3 nitrogen and oxygen atoms in total. The van der Waals surface area contributed by atoms with Gasteiger partial charge in [-0.1, -0.05) is 65.9 Å². The van der Waals surface area contributed by atoms with E-state index in [-0.39, 0.29) is 4.87 Å². The van der Waals surface area contributed by atoms with Crippen LogP contribution in [0.15, 0.2) is 83.7 Å². The molecular formula is C22H19NO2S. The molecule has 0 N–H and O–H groups in total. The van der Waals surface area contributed by atoms with Crippen LogP contribution in [-0.4, -0.2) is 11.2 Å². The van der Waals surface area contributed by atoms with Crippen molar-refractivity contribution in [1.29, 1.82) is 0 Å². The molecule has 0 saturated heterocycles. The molecule has 0 aliphatic rings. The monoisotopic (exact) mass is 361 g/mol. The van der Waals surface area contributed by atoms with Crippen molar-refractivity contribution in [2.24, 2.45) is 0 Å². The molecule has 4 heteroatoms. The van der Waals surface area contributed by atoms with Crippen molar-refractivity contribution in [1.82, 2.24) is 4.57 Å². The Balaban J connectivity index is 1.51. The van der Waals surface area contributed by atoms with Gasteiger partial charge in [0.15, 0.2) is 0 Å². The van der Waals surface area contributed by atoms with Crippen LogP contribution in [0.25, 0.3) is 10.2 Å². The summed E-state index contributed by atoms with van der Waals surface area (Å²) < 4.78 is 8.56. The van der Waals surface area contributed by atoms with E-state index in [9.17, 15) is 4.79 Å². The van der Waals surface area contributed by atoms with Gasteiger partial charge in [-0.2, -0.15) is 0 Å². The third kappa shape index (κ3) is 3.70. The number of benzene rings is 3. The van der Waals surface area contributed by atoms with E-state index in [1.165, 1.54) is 22.5 Å². The second-order valence-electron chi connectivity index (χ2n) is 6.15. The van der Waals surface area contributed by atoms with Crippen LogP contribution >= 0.6 is 11.3 Å². The number of rotatable bonds is 6. The van der Waals surface area contributed by atoms with Crippen molar-refractivity contribution in [2.45, 2.75) is 13.0 Å². The summed E-state index contributed by atoms with van der Waals surface area (Å²) >= 11 is 1.30. The Morgan fingerprint density at radius 2 is 1.58 bits per heavy atom. The molecule has 0 fully saturated rings. The summed E-state index contributed by atoms with van der Waals surface area (Å²) in [6.07, 6.45) is 0.875. The lowest BCUT2D eigenvalue weighted by Gasteiger charge is -2.07. The maximum Gasteiger partial charge on any atom is 0.308 e. The summed E-state index contributed by atoms with van der Waals surface area (Å²) in [7, 11) is 0. The molecule has 130 valence electrons. The highest BCUT2D eigenvalue weighted by Crippen LogP contribution is 2.21. The second-order valence-corrected chi connectivity index (χ2v) is 7.14. The molecule has 1 heterocycles. The van der Waals surface area contributed by atoms with Crippen LogP contribution in [-0.2, 0) is 13.0 Å². The first kappa shape index (κ1) is 16.6. The number of ether oxygens (including phenoxy) is 1. The van der Waals surface area contributed by atoms with Gasteiger partial charge in [-0.25, -0.2) is 0 Å². The highest BCUT2D eigenvalue weighted by Gasteiger charge is 2.09. The molecule has 0 atom stereocenters. The Morgan fingerprint density at radius 3 is 2.35 bits per heavy atom. The number of hydrogen-bond acceptors (Lipinski definition) is 3. The van der Waals surface area contributed by atoms with Gasteiger partial charge in [0.25, 0.3) is 0 Å². The SMILES string of the molecule is O=c1sc2cc(Cc3ccccc3)ccc2n1CCOc1ccccc1. The molecule has 0 aliphatic carbocycles. The average Bonchev–Trinajstić information content (AvgIpc) is 2.98. The molecule has 3 aromatic carbocycles. The smallest absolute Gasteiger partial charge is 0.308 e. The quantitative estimate of drug-likeness (QED) is 0.497. The summed E-state index contributed by atoms with van der Waals surface area (Å²) in [5.41, 5.74) is 3.47. The highest BCUT2D eigenvalue weighted by atomic mass is 32.1. The van der Waals surface area contributed by atoms with Gasteiger partial charge in [0.05, 0.1) is 16.8 Å². The molecule has 0 saturated carbocycles. The fourth-order valence-corrected chi connectivity index (χ4v) is 4.02. The van der Waals surface area contributed by atoms with E-state index in [0.717, 1.165) is 22.4 Å². The van der Waals surface area contributed by atoms with Crippen molar-refractivity contribution in [3.63, 3.8) is 0 Å². The number of fused-ring (bicyclic) bond motifs is 1. The number of para-hydroxylation sites is 1. The fourth-order valence-electron chi connectivity index (χ4n) is 3.04. The third-order valence-corrected chi connectivity index (χ3v) is 5.25. The van der Waals surface area contributed by atoms with Gasteiger partial charge in [-0.3, -0.25) is 9.36 Å². The molecule has 4 aromatic rings. The van der Waals surface area contributed by atoms with Crippen LogP contribution in [0.4, 0.5) is 0 Å². The zero-order valence-corrected chi connectivity index (χ0v) is 15.1. The van der Waals surface area contributed by atoms with Gasteiger partial charge in [0.1, 0.15) is 12.4 Å². The number of hydrogen-bond donors (Lipinski definition) is 0. The Bertz CT molecular complexity index is 1050. The average molecular weight is 361 g/mol. The molecule has 26 heavy (non-hydrogen) atoms. The van der Waals surface area contributed by atoms with Gasteiger partial charge in [0, 0.05) is 0 Å². The van der Waals surface area contributed by atoms with Crippen molar-refractivity contribution >= 4 is 21.6 Å². The number of aromatic nitrogens is 1. The molecular weight excluding hydrogens is 342 g/mol. The van der Waals surface area contributed by atoms with Crippen molar-refractivity contribution in [3.8, 4) is 5.75 Å². The van der Waals surface area contributed by atoms with E-state index in [1.807, 2.05) is 42.5 Å². The Kier molecular flexibility index (Phi) is 4.84. The van der Waals surface area contributed by atoms with Gasteiger partial charge in [-0.05, 0) is 41.8 Å². The third-order valence-electron chi connectivity index (χ3n) is 4.31. The van der Waals surface area contributed by atoms with Gasteiger partial charge < -0.3 is 4.74 Å². The highest BCUT2D eigenvalue weighted by molar-refractivity contribution is 7.16. The van der Waals surface area contributed by atoms with Gasteiger partial charge >= 0.3 is 4.87 Å². The Morgan fingerprint density at radius 1 is 0.846 bits per heavy atom. The standard InChI is InChI=1S/C22H19NO2S/c24-22-23(13-14-25-19-9-5-2-6-10-19)20-12-11-18(16-21(20)26-22)15-17-7-3-1-4-8-17/h1-12,16H,13-15H2. The predicted octanol–water partition coefficient (Wildman–Crippen LogP) is 4.73. The maximum absolute atomic E-state index is 12.4. The molecule has 0 spiro atoms. The van der Waals surface area contributed by atoms with Crippen molar-refractivity contribution in [2.75, 3.05) is 6.61 Å². The zero-order chi connectivity index (χ0) is 17.8. The molecule has 0 radical (unpaired) electrons. The van der Waals surface area contributed by atoms with E-state index in [4.69, 9.17) is 4.74 Å². The topological polar surface area (TPSA) is 31.2 Å². The lowest BCUT2D eigenvalue weighted by molar-refractivity contribution is 0.299. The van der Waals surface area contributed by atoms with Crippen molar-refractivity contribution < 1.29 is 4.74 Å². The first-order valence-corrected chi connectivity index (χ1v) is 9.45. The van der Waals surface area contributed by atoms with Gasteiger partial charge in [0.2, 0.25) is 0 Å². The minimum Gasteiger partial charge on any atom is -0.492 e. The van der Waals surface area contributed by atoms with E-state index >= 15 is 0 Å². The first-order valence-electron chi connectivity index (χ1n) is 8.64. The van der Waals surface area contributed by atoms with E-state index in [2.05, 4.69) is 36.4 Å². The molecule has 0 unspecified atom stereocenters. The van der Waals surface area contributed by atoms with Crippen molar-refractivity contribution in [3.05, 3.63) is 99.7 Å². The predicted molar refractivity (Wildman–Crippen MR) is 107 cm³/mol. The summed E-state index contributed by atoms with van der Waals surface area (Å²) in [5, 5.41) is 0. The van der Waals surface area contributed by atoms with E-state index in [1.54, 1.807) is 4.57 Å². The van der Waals surface area contributed by atoms with Gasteiger partial charge in [-0.15, -0.1) is 0 Å². The Labute approximate surface area is 156 Å². The summed E-state index contributed by atoms with van der Waals surface area (Å²) in [6.45, 7) is 1.02. The maximum atomic E-state index is 12.4. The van der Waals surface area contributed by atoms with Crippen LogP contribution in [0.2, 0.25) is 0 Å². The first-order chi connectivity index (χ1) is 12.8. The van der Waals surface area contributed by atoms with Crippen LogP contribution in [0.3, 0.4) is 0 Å².